The zero-order valence-corrected chi connectivity index (χ0v) is 14.7. The number of hydrogen-bond donors (Lipinski definition) is 3. The first-order chi connectivity index (χ1) is 11.8. The topological polar surface area (TPSA) is 105 Å². The molecule has 0 aliphatic rings. The van der Waals surface area contributed by atoms with Crippen molar-refractivity contribution in [3.05, 3.63) is 41.6 Å². The molecule has 3 N–H and O–H groups in total. The van der Waals surface area contributed by atoms with Gasteiger partial charge in [-0.2, -0.15) is 0 Å². The summed E-state index contributed by atoms with van der Waals surface area (Å²) in [5.41, 5.74) is 1.43. The number of carbonyl (C=O) groups is 1. The molecule has 0 fully saturated rings. The van der Waals surface area contributed by atoms with Gasteiger partial charge in [-0.25, -0.2) is 0 Å². The molecule has 0 radical (unpaired) electrons. The van der Waals surface area contributed by atoms with Crippen molar-refractivity contribution in [1.29, 1.82) is 0 Å². The predicted molar refractivity (Wildman–Crippen MR) is 92.6 cm³/mol. The van der Waals surface area contributed by atoms with Gasteiger partial charge < -0.3 is 19.5 Å². The van der Waals surface area contributed by atoms with E-state index in [0.29, 0.717) is 11.6 Å². The number of aliphatic hydroxyl groups excluding tert-OH is 2. The minimum Gasteiger partial charge on any atom is -0.491 e. The average molecular weight is 348 g/mol. The average Bonchev–Trinajstić information content (AvgIpc) is 3.02. The molecule has 1 aromatic heterocycles. The first-order valence-corrected chi connectivity index (χ1v) is 8.05. The molecule has 1 heterocycles. The van der Waals surface area contributed by atoms with Gasteiger partial charge in [-0.1, -0.05) is 38.1 Å². The van der Waals surface area contributed by atoms with Crippen LogP contribution in [0.2, 0.25) is 0 Å². The SMILES string of the molecule is CC(C)(C)c1cc(NC(=O)Cc2ccc(OCC(O)CO)cc2)on1. The maximum absolute atomic E-state index is 12.1. The number of carbonyl (C=O) groups excluding carboxylic acids is 1. The number of rotatable bonds is 7. The largest absolute Gasteiger partial charge is 0.491 e. The van der Waals surface area contributed by atoms with Crippen LogP contribution in [0.3, 0.4) is 0 Å². The fraction of sp³-hybridized carbons (Fsp3) is 0.444. The number of aliphatic hydroxyl groups is 2. The van der Waals surface area contributed by atoms with Gasteiger partial charge in [0.05, 0.1) is 18.7 Å². The van der Waals surface area contributed by atoms with Crippen molar-refractivity contribution in [3.63, 3.8) is 0 Å². The lowest BCUT2D eigenvalue weighted by Crippen LogP contribution is -2.21. The smallest absolute Gasteiger partial charge is 0.231 e. The molecular weight excluding hydrogens is 324 g/mol. The van der Waals surface area contributed by atoms with E-state index in [1.54, 1.807) is 30.3 Å². The fourth-order valence-corrected chi connectivity index (χ4v) is 2.00. The Morgan fingerprint density at radius 2 is 2.00 bits per heavy atom. The molecule has 7 nitrogen and oxygen atoms in total. The number of amides is 1. The lowest BCUT2D eigenvalue weighted by atomic mass is 9.92. The van der Waals surface area contributed by atoms with E-state index >= 15 is 0 Å². The molecule has 2 rings (SSSR count). The van der Waals surface area contributed by atoms with Crippen molar-refractivity contribution >= 4 is 11.8 Å². The Balaban J connectivity index is 1.87. The molecule has 25 heavy (non-hydrogen) atoms. The van der Waals surface area contributed by atoms with Crippen LogP contribution in [-0.4, -0.2) is 40.6 Å². The quantitative estimate of drug-likeness (QED) is 0.706. The number of nitrogens with zero attached hydrogens (tertiary/aromatic N) is 1. The van der Waals surface area contributed by atoms with E-state index in [1.807, 2.05) is 20.8 Å². The molecule has 0 spiro atoms. The fourth-order valence-electron chi connectivity index (χ4n) is 2.00. The number of ether oxygens (including phenoxy) is 1. The first-order valence-electron chi connectivity index (χ1n) is 8.05. The summed E-state index contributed by atoms with van der Waals surface area (Å²) in [6.07, 6.45) is -0.726. The van der Waals surface area contributed by atoms with Gasteiger partial charge in [0.2, 0.25) is 11.8 Å². The second-order valence-corrected chi connectivity index (χ2v) is 6.84. The van der Waals surface area contributed by atoms with E-state index in [1.165, 1.54) is 0 Å². The van der Waals surface area contributed by atoms with Gasteiger partial charge in [0.15, 0.2) is 0 Å². The highest BCUT2D eigenvalue weighted by atomic mass is 16.5. The lowest BCUT2D eigenvalue weighted by Gasteiger charge is -2.12. The van der Waals surface area contributed by atoms with Gasteiger partial charge in [0, 0.05) is 11.5 Å². The van der Waals surface area contributed by atoms with E-state index in [2.05, 4.69) is 10.5 Å². The summed E-state index contributed by atoms with van der Waals surface area (Å²) in [4.78, 5) is 12.1. The third-order valence-corrected chi connectivity index (χ3v) is 3.48. The maximum Gasteiger partial charge on any atom is 0.231 e. The van der Waals surface area contributed by atoms with Crippen LogP contribution in [-0.2, 0) is 16.6 Å². The van der Waals surface area contributed by atoms with Crippen molar-refractivity contribution in [1.82, 2.24) is 5.16 Å². The first kappa shape index (κ1) is 19.0. The molecular formula is C18H24N2O5. The molecule has 0 aliphatic carbocycles. The van der Waals surface area contributed by atoms with Crippen LogP contribution < -0.4 is 10.1 Å². The Labute approximate surface area is 146 Å². The van der Waals surface area contributed by atoms with E-state index < -0.39 is 6.10 Å². The summed E-state index contributed by atoms with van der Waals surface area (Å²) in [5.74, 6) is 0.676. The van der Waals surface area contributed by atoms with Gasteiger partial charge in [-0.15, -0.1) is 0 Å². The van der Waals surface area contributed by atoms with E-state index in [9.17, 15) is 9.90 Å². The molecule has 0 saturated carbocycles. The Hall–Kier alpha value is -2.38. The number of hydrogen-bond acceptors (Lipinski definition) is 6. The van der Waals surface area contributed by atoms with Crippen LogP contribution in [0.15, 0.2) is 34.9 Å². The molecule has 136 valence electrons. The molecule has 1 aromatic carbocycles. The third kappa shape index (κ3) is 5.88. The lowest BCUT2D eigenvalue weighted by molar-refractivity contribution is -0.115. The van der Waals surface area contributed by atoms with Crippen LogP contribution >= 0.6 is 0 Å². The maximum atomic E-state index is 12.1. The van der Waals surface area contributed by atoms with Crippen LogP contribution in [0.1, 0.15) is 32.0 Å². The predicted octanol–water partition coefficient (Wildman–Crippen LogP) is 1.89. The number of benzene rings is 1. The van der Waals surface area contributed by atoms with E-state index in [0.717, 1.165) is 11.3 Å². The summed E-state index contributed by atoms with van der Waals surface area (Å²) < 4.78 is 10.5. The highest BCUT2D eigenvalue weighted by Gasteiger charge is 2.19. The standard InChI is InChI=1S/C18H24N2O5/c1-18(2,3)15-9-17(25-20-15)19-16(23)8-12-4-6-14(7-5-12)24-11-13(22)10-21/h4-7,9,13,21-22H,8,10-11H2,1-3H3,(H,19,23). The zero-order chi connectivity index (χ0) is 18.4. The van der Waals surface area contributed by atoms with Crippen molar-refractivity contribution < 1.29 is 24.3 Å². The number of aromatic nitrogens is 1. The van der Waals surface area contributed by atoms with Gasteiger partial charge in [-0.3, -0.25) is 10.1 Å². The van der Waals surface area contributed by atoms with Crippen LogP contribution in [0.4, 0.5) is 5.88 Å². The van der Waals surface area contributed by atoms with Crippen molar-refractivity contribution in [3.8, 4) is 5.75 Å². The second kappa shape index (κ2) is 8.13. The minimum absolute atomic E-state index is 0.0118. The normalized spacial score (nSPS) is 12.7. The minimum atomic E-state index is -0.912. The third-order valence-electron chi connectivity index (χ3n) is 3.48. The Bertz CT molecular complexity index is 688. The molecule has 2 aromatic rings. The number of nitrogens with one attached hydrogen (secondary N) is 1. The molecule has 0 bridgehead atoms. The second-order valence-electron chi connectivity index (χ2n) is 6.84. The van der Waals surface area contributed by atoms with Gasteiger partial charge in [0.1, 0.15) is 18.5 Å². The Morgan fingerprint density at radius 3 is 2.56 bits per heavy atom. The highest BCUT2D eigenvalue weighted by Crippen LogP contribution is 2.23. The molecule has 1 amide bonds. The molecule has 7 heteroatoms. The monoisotopic (exact) mass is 348 g/mol. The van der Waals surface area contributed by atoms with Gasteiger partial charge >= 0.3 is 0 Å². The highest BCUT2D eigenvalue weighted by molar-refractivity contribution is 5.91. The van der Waals surface area contributed by atoms with Gasteiger partial charge in [-0.05, 0) is 17.7 Å². The summed E-state index contributed by atoms with van der Waals surface area (Å²) in [6, 6.07) is 8.67. The zero-order valence-electron chi connectivity index (χ0n) is 14.7. The summed E-state index contributed by atoms with van der Waals surface area (Å²) in [7, 11) is 0. The Morgan fingerprint density at radius 1 is 1.32 bits per heavy atom. The van der Waals surface area contributed by atoms with Crippen molar-refractivity contribution in [2.45, 2.75) is 38.7 Å². The van der Waals surface area contributed by atoms with Crippen LogP contribution in [0.5, 0.6) is 5.75 Å². The van der Waals surface area contributed by atoms with Crippen molar-refractivity contribution in [2.75, 3.05) is 18.5 Å². The van der Waals surface area contributed by atoms with Gasteiger partial charge in [0.25, 0.3) is 0 Å². The van der Waals surface area contributed by atoms with E-state index in [4.69, 9.17) is 14.4 Å². The summed E-state index contributed by atoms with van der Waals surface area (Å²) in [6.45, 7) is 5.70. The summed E-state index contributed by atoms with van der Waals surface area (Å²) in [5, 5.41) is 24.6. The molecule has 0 saturated heterocycles. The molecule has 0 aliphatic heterocycles. The van der Waals surface area contributed by atoms with Crippen LogP contribution in [0, 0.1) is 0 Å². The molecule has 1 unspecified atom stereocenters. The van der Waals surface area contributed by atoms with E-state index in [-0.39, 0.29) is 31.0 Å². The molecule has 1 atom stereocenters. The number of anilines is 1. The Kier molecular flexibility index (Phi) is 6.17. The van der Waals surface area contributed by atoms with Crippen molar-refractivity contribution in [2.24, 2.45) is 0 Å². The summed E-state index contributed by atoms with van der Waals surface area (Å²) >= 11 is 0. The van der Waals surface area contributed by atoms with Crippen LogP contribution in [0.25, 0.3) is 0 Å².